The summed E-state index contributed by atoms with van der Waals surface area (Å²) in [7, 11) is -3.30. The van der Waals surface area contributed by atoms with E-state index in [1.165, 1.54) is 27.5 Å². The van der Waals surface area contributed by atoms with Gasteiger partial charge in [-0.15, -0.1) is 0 Å². The number of hydrogen-bond acceptors (Lipinski definition) is 8. The third-order valence-corrected chi connectivity index (χ3v) is 10.8. The molecule has 3 N–H and O–H groups in total. The van der Waals surface area contributed by atoms with Crippen molar-refractivity contribution in [3.8, 4) is 0 Å². The van der Waals surface area contributed by atoms with Crippen LogP contribution in [-0.2, 0) is 34.3 Å². The van der Waals surface area contributed by atoms with Gasteiger partial charge in [-0.05, 0) is 66.5 Å². The lowest BCUT2D eigenvalue weighted by atomic mass is 9.68. The fourth-order valence-corrected chi connectivity index (χ4v) is 8.01. The third-order valence-electron chi connectivity index (χ3n) is 9.52. The van der Waals surface area contributed by atoms with Crippen LogP contribution in [0.3, 0.4) is 0 Å². The van der Waals surface area contributed by atoms with Gasteiger partial charge in [-0.25, -0.2) is 13.4 Å². The highest BCUT2D eigenvalue weighted by atomic mass is 32.2. The summed E-state index contributed by atoms with van der Waals surface area (Å²) < 4.78 is 26.8. The number of nitrogens with one attached hydrogen (secondary N) is 2. The Hall–Kier alpha value is -3.91. The van der Waals surface area contributed by atoms with Crippen molar-refractivity contribution in [3.05, 3.63) is 58.7 Å². The number of benzene rings is 1. The average molecular weight is 610 g/mol. The predicted molar refractivity (Wildman–Crippen MR) is 154 cm³/mol. The van der Waals surface area contributed by atoms with Crippen LogP contribution in [0.1, 0.15) is 70.3 Å². The SMILES string of the molecule is CC1C(C(=O)O)CCC2[C@H]1CC[C@@H]2NC(=O)c1cc(C(=O)NCc2ccc3c(c2)CN(S(C)(=O)=O)CC3)nc2ncnn12. The lowest BCUT2D eigenvalue weighted by molar-refractivity contribution is -0.146. The summed E-state index contributed by atoms with van der Waals surface area (Å²) >= 11 is 0. The van der Waals surface area contributed by atoms with E-state index in [0.717, 1.165) is 36.0 Å². The molecule has 3 aliphatic rings. The fraction of sp³-hybridized carbons (Fsp3) is 0.517. The minimum Gasteiger partial charge on any atom is -0.481 e. The number of carboxylic acids is 1. The topological polar surface area (TPSA) is 176 Å². The Bertz CT molecular complexity index is 1710. The molecule has 0 bridgehead atoms. The zero-order valence-corrected chi connectivity index (χ0v) is 24.9. The van der Waals surface area contributed by atoms with Gasteiger partial charge in [0.2, 0.25) is 10.0 Å². The van der Waals surface area contributed by atoms with Crippen LogP contribution in [0.15, 0.2) is 30.6 Å². The predicted octanol–water partition coefficient (Wildman–Crippen LogP) is 1.63. The molecule has 1 aliphatic heterocycles. The monoisotopic (exact) mass is 609 g/mol. The van der Waals surface area contributed by atoms with E-state index < -0.39 is 27.8 Å². The minimum atomic E-state index is -3.30. The van der Waals surface area contributed by atoms with Gasteiger partial charge in [0, 0.05) is 31.7 Å². The summed E-state index contributed by atoms with van der Waals surface area (Å²) in [6, 6.07) is 7.08. The van der Waals surface area contributed by atoms with Gasteiger partial charge in [-0.2, -0.15) is 18.9 Å². The maximum absolute atomic E-state index is 13.5. The minimum absolute atomic E-state index is 0.0201. The molecule has 2 saturated carbocycles. The largest absolute Gasteiger partial charge is 0.481 e. The lowest BCUT2D eigenvalue weighted by Crippen LogP contribution is -2.44. The molecule has 13 nitrogen and oxygen atoms in total. The molecule has 5 atom stereocenters. The molecular weight excluding hydrogens is 574 g/mol. The molecule has 0 saturated heterocycles. The first-order chi connectivity index (χ1) is 20.5. The maximum atomic E-state index is 13.5. The molecule has 3 heterocycles. The molecule has 0 radical (unpaired) electrons. The number of rotatable bonds is 7. The van der Waals surface area contributed by atoms with Crippen molar-refractivity contribution in [3.63, 3.8) is 0 Å². The highest BCUT2D eigenvalue weighted by Crippen LogP contribution is 2.48. The zero-order valence-electron chi connectivity index (χ0n) is 24.1. The summed E-state index contributed by atoms with van der Waals surface area (Å²) in [5, 5.41) is 19.7. The Balaban J connectivity index is 1.15. The molecule has 43 heavy (non-hydrogen) atoms. The Morgan fingerprint density at radius 3 is 2.60 bits per heavy atom. The number of hydrogen-bond donors (Lipinski definition) is 3. The van der Waals surface area contributed by atoms with Crippen LogP contribution in [0, 0.1) is 23.7 Å². The van der Waals surface area contributed by atoms with Crippen LogP contribution in [-0.4, -0.2) is 74.0 Å². The van der Waals surface area contributed by atoms with Crippen molar-refractivity contribution < 1.29 is 27.9 Å². The molecule has 6 rings (SSSR count). The van der Waals surface area contributed by atoms with E-state index in [4.69, 9.17) is 0 Å². The van der Waals surface area contributed by atoms with Gasteiger partial charge in [0.25, 0.3) is 17.6 Å². The van der Waals surface area contributed by atoms with E-state index in [1.54, 1.807) is 0 Å². The van der Waals surface area contributed by atoms with Crippen molar-refractivity contribution in [1.82, 2.24) is 34.5 Å². The summed E-state index contributed by atoms with van der Waals surface area (Å²) in [6.07, 6.45) is 6.07. The van der Waals surface area contributed by atoms with Gasteiger partial charge in [0.1, 0.15) is 17.7 Å². The second-order valence-corrected chi connectivity index (χ2v) is 14.0. The Labute approximate surface area is 249 Å². The molecule has 2 fully saturated rings. The number of carboxylic acid groups (broad SMARTS) is 1. The van der Waals surface area contributed by atoms with Crippen LogP contribution in [0.25, 0.3) is 5.78 Å². The number of amides is 2. The summed E-state index contributed by atoms with van der Waals surface area (Å²) in [6.45, 7) is 2.93. The first-order valence-electron chi connectivity index (χ1n) is 14.6. The molecule has 228 valence electrons. The van der Waals surface area contributed by atoms with E-state index >= 15 is 0 Å². The van der Waals surface area contributed by atoms with Gasteiger partial charge >= 0.3 is 5.97 Å². The highest BCUT2D eigenvalue weighted by Gasteiger charge is 2.47. The Morgan fingerprint density at radius 1 is 1.05 bits per heavy atom. The van der Waals surface area contributed by atoms with Crippen molar-refractivity contribution in [2.75, 3.05) is 12.8 Å². The van der Waals surface area contributed by atoms with E-state index in [1.807, 2.05) is 25.1 Å². The van der Waals surface area contributed by atoms with Gasteiger partial charge in [0.15, 0.2) is 0 Å². The number of sulfonamides is 1. The number of carbonyl (C=O) groups is 3. The number of fused-ring (bicyclic) bond motifs is 3. The molecule has 14 heteroatoms. The van der Waals surface area contributed by atoms with Gasteiger partial charge < -0.3 is 15.7 Å². The first-order valence-corrected chi connectivity index (χ1v) is 16.4. The lowest BCUT2D eigenvalue weighted by Gasteiger charge is -2.38. The summed E-state index contributed by atoms with van der Waals surface area (Å²) in [5.41, 5.74) is 2.96. The van der Waals surface area contributed by atoms with Crippen molar-refractivity contribution in [1.29, 1.82) is 0 Å². The van der Waals surface area contributed by atoms with Crippen LogP contribution >= 0.6 is 0 Å². The Morgan fingerprint density at radius 2 is 1.84 bits per heavy atom. The van der Waals surface area contributed by atoms with E-state index in [2.05, 4.69) is 25.7 Å². The van der Waals surface area contributed by atoms with Crippen LogP contribution < -0.4 is 10.6 Å². The number of carbonyl (C=O) groups excluding carboxylic acids is 2. The van der Waals surface area contributed by atoms with E-state index in [0.29, 0.717) is 25.9 Å². The molecule has 0 spiro atoms. The molecule has 2 amide bonds. The first kappa shape index (κ1) is 29.2. The van der Waals surface area contributed by atoms with E-state index in [-0.39, 0.29) is 53.4 Å². The normalized spacial score (nSPS) is 25.6. The summed E-state index contributed by atoms with van der Waals surface area (Å²) in [4.78, 5) is 46.8. The third kappa shape index (κ3) is 5.73. The molecule has 3 aromatic rings. The maximum Gasteiger partial charge on any atom is 0.306 e. The van der Waals surface area contributed by atoms with Gasteiger partial charge in [0.05, 0.1) is 12.2 Å². The highest BCUT2D eigenvalue weighted by molar-refractivity contribution is 7.88. The van der Waals surface area contributed by atoms with Crippen molar-refractivity contribution in [2.45, 2.75) is 58.2 Å². The second-order valence-electron chi connectivity index (χ2n) is 12.0. The molecule has 3 unspecified atom stereocenters. The average Bonchev–Trinajstić information content (AvgIpc) is 3.62. The zero-order chi connectivity index (χ0) is 30.5. The van der Waals surface area contributed by atoms with Crippen LogP contribution in [0.2, 0.25) is 0 Å². The fourth-order valence-electron chi connectivity index (χ4n) is 7.21. The molecule has 2 aliphatic carbocycles. The van der Waals surface area contributed by atoms with Crippen molar-refractivity contribution >= 4 is 33.6 Å². The number of aliphatic carboxylic acids is 1. The molecule has 2 aromatic heterocycles. The van der Waals surface area contributed by atoms with Crippen molar-refractivity contribution in [2.24, 2.45) is 23.7 Å². The number of aromatic nitrogens is 4. The van der Waals surface area contributed by atoms with Crippen LogP contribution in [0.5, 0.6) is 0 Å². The molecule has 1 aromatic carbocycles. The number of nitrogens with zero attached hydrogens (tertiary/aromatic N) is 5. The smallest absolute Gasteiger partial charge is 0.306 e. The summed E-state index contributed by atoms with van der Waals surface area (Å²) in [5.74, 6) is -1.38. The van der Waals surface area contributed by atoms with Gasteiger partial charge in [-0.3, -0.25) is 14.4 Å². The quantitative estimate of drug-likeness (QED) is 0.359. The van der Waals surface area contributed by atoms with E-state index in [9.17, 15) is 27.9 Å². The standard InChI is InChI=1S/C29H35N7O6S/c1-16-20-7-8-23(22(20)6-5-21(16)28(39)40)33-27(38)25-12-24(34-29-31-15-32-36(25)29)26(37)30-13-17-3-4-18-9-10-35(43(2,41)42)14-19(18)11-17/h3-4,11-12,15-16,20-23H,5-10,13-14H2,1-2H3,(H,30,37)(H,33,38)(H,39,40)/t16?,20-,21?,22?,23-/m0/s1. The Kier molecular flexibility index (Phi) is 7.67. The second kappa shape index (κ2) is 11.3. The van der Waals surface area contributed by atoms with Gasteiger partial charge in [-0.1, -0.05) is 25.1 Å². The molecular formula is C29H35N7O6S. The van der Waals surface area contributed by atoms with Crippen LogP contribution in [0.4, 0.5) is 0 Å².